The van der Waals surface area contributed by atoms with Crippen LogP contribution in [-0.4, -0.2) is 5.11 Å². The van der Waals surface area contributed by atoms with Crippen LogP contribution in [-0.2, 0) is 6.42 Å². The van der Waals surface area contributed by atoms with Crippen molar-refractivity contribution in [2.24, 2.45) is 0 Å². The summed E-state index contributed by atoms with van der Waals surface area (Å²) in [5, 5.41) is 10.1. The third-order valence-corrected chi connectivity index (χ3v) is 3.36. The number of rotatable bonds is 3. The van der Waals surface area contributed by atoms with Crippen LogP contribution in [0.2, 0.25) is 0 Å². The summed E-state index contributed by atoms with van der Waals surface area (Å²) in [6, 6.07) is 9.10. The van der Waals surface area contributed by atoms with Crippen molar-refractivity contribution in [1.29, 1.82) is 0 Å². The average Bonchev–Trinajstić information content (AvgIpc) is 2.33. The molecule has 1 nitrogen and oxygen atoms in total. The highest BCUT2D eigenvalue weighted by molar-refractivity contribution is 5.35. The van der Waals surface area contributed by atoms with Gasteiger partial charge in [0.2, 0.25) is 0 Å². The van der Waals surface area contributed by atoms with E-state index in [0.29, 0.717) is 6.42 Å². The topological polar surface area (TPSA) is 20.2 Å². The van der Waals surface area contributed by atoms with Crippen LogP contribution in [0.5, 0.6) is 0 Å². The van der Waals surface area contributed by atoms with Gasteiger partial charge in [-0.05, 0) is 36.6 Å². The molecule has 0 aliphatic heterocycles. The smallest absolute Gasteiger partial charge is 0.131 e. The highest BCUT2D eigenvalue weighted by Crippen LogP contribution is 2.25. The fourth-order valence-electron chi connectivity index (χ4n) is 2.25. The quantitative estimate of drug-likeness (QED) is 0.890. The summed E-state index contributed by atoms with van der Waals surface area (Å²) in [4.78, 5) is 0. The molecule has 1 atom stereocenters. The van der Waals surface area contributed by atoms with Gasteiger partial charge in [-0.2, -0.15) is 0 Å². The first kappa shape index (κ1) is 13.7. The molecule has 0 bridgehead atoms. The molecular formula is C16H16F2O. The molecular weight excluding hydrogens is 246 g/mol. The summed E-state index contributed by atoms with van der Waals surface area (Å²) in [5.74, 6) is -1.35. The minimum Gasteiger partial charge on any atom is -0.388 e. The Morgan fingerprint density at radius 1 is 1.05 bits per heavy atom. The van der Waals surface area contributed by atoms with Gasteiger partial charge < -0.3 is 5.11 Å². The SMILES string of the molecule is Cc1cccc(C)c1CC(O)c1ccc(F)cc1F. The first-order chi connectivity index (χ1) is 8.99. The molecule has 0 fully saturated rings. The molecule has 100 valence electrons. The Morgan fingerprint density at radius 2 is 1.68 bits per heavy atom. The Kier molecular flexibility index (Phi) is 3.96. The zero-order chi connectivity index (χ0) is 14.0. The third kappa shape index (κ3) is 2.99. The van der Waals surface area contributed by atoms with E-state index >= 15 is 0 Å². The van der Waals surface area contributed by atoms with Gasteiger partial charge >= 0.3 is 0 Å². The predicted octanol–water partition coefficient (Wildman–Crippen LogP) is 3.86. The average molecular weight is 262 g/mol. The van der Waals surface area contributed by atoms with Crippen LogP contribution < -0.4 is 0 Å². The van der Waals surface area contributed by atoms with Crippen LogP contribution in [0.1, 0.15) is 28.4 Å². The third-order valence-electron chi connectivity index (χ3n) is 3.36. The second kappa shape index (κ2) is 5.49. The van der Waals surface area contributed by atoms with Crippen LogP contribution in [0.4, 0.5) is 8.78 Å². The van der Waals surface area contributed by atoms with Crippen molar-refractivity contribution in [2.75, 3.05) is 0 Å². The molecule has 1 unspecified atom stereocenters. The lowest BCUT2D eigenvalue weighted by atomic mass is 9.94. The largest absolute Gasteiger partial charge is 0.388 e. The Balaban J connectivity index is 2.28. The molecule has 0 amide bonds. The molecule has 0 heterocycles. The van der Waals surface area contributed by atoms with E-state index < -0.39 is 17.7 Å². The molecule has 0 aliphatic rings. The summed E-state index contributed by atoms with van der Waals surface area (Å²) in [6.45, 7) is 3.91. The molecule has 0 radical (unpaired) electrons. The Hall–Kier alpha value is -1.74. The van der Waals surface area contributed by atoms with E-state index in [1.165, 1.54) is 6.07 Å². The highest BCUT2D eigenvalue weighted by Gasteiger charge is 2.16. The van der Waals surface area contributed by atoms with Crippen molar-refractivity contribution in [3.05, 3.63) is 70.3 Å². The van der Waals surface area contributed by atoms with E-state index in [2.05, 4.69) is 0 Å². The fraction of sp³-hybridized carbons (Fsp3) is 0.250. The van der Waals surface area contributed by atoms with E-state index in [1.54, 1.807) is 0 Å². The molecule has 1 N–H and O–H groups in total. The van der Waals surface area contributed by atoms with Crippen LogP contribution in [0.25, 0.3) is 0 Å². The number of halogens is 2. The fourth-order valence-corrected chi connectivity index (χ4v) is 2.25. The molecule has 19 heavy (non-hydrogen) atoms. The van der Waals surface area contributed by atoms with Crippen molar-refractivity contribution >= 4 is 0 Å². The van der Waals surface area contributed by atoms with E-state index in [0.717, 1.165) is 28.8 Å². The monoisotopic (exact) mass is 262 g/mol. The van der Waals surface area contributed by atoms with Gasteiger partial charge in [-0.3, -0.25) is 0 Å². The normalized spacial score (nSPS) is 12.5. The number of aryl methyl sites for hydroxylation is 2. The molecule has 2 aromatic carbocycles. The minimum absolute atomic E-state index is 0.129. The van der Waals surface area contributed by atoms with Gasteiger partial charge in [0.05, 0.1) is 6.10 Å². The minimum atomic E-state index is -0.972. The zero-order valence-electron chi connectivity index (χ0n) is 11.0. The zero-order valence-corrected chi connectivity index (χ0v) is 11.0. The van der Waals surface area contributed by atoms with Gasteiger partial charge in [0.25, 0.3) is 0 Å². The molecule has 0 saturated carbocycles. The lowest BCUT2D eigenvalue weighted by Crippen LogP contribution is -2.07. The van der Waals surface area contributed by atoms with Crippen LogP contribution >= 0.6 is 0 Å². The van der Waals surface area contributed by atoms with Gasteiger partial charge in [0.1, 0.15) is 11.6 Å². The van der Waals surface area contributed by atoms with Crippen molar-refractivity contribution in [2.45, 2.75) is 26.4 Å². The maximum absolute atomic E-state index is 13.6. The molecule has 0 aliphatic carbocycles. The molecule has 0 saturated heterocycles. The van der Waals surface area contributed by atoms with Gasteiger partial charge in [-0.1, -0.05) is 24.3 Å². The van der Waals surface area contributed by atoms with Crippen LogP contribution in [0, 0.1) is 25.5 Å². The van der Waals surface area contributed by atoms with E-state index in [4.69, 9.17) is 0 Å². The number of hydrogen-bond donors (Lipinski definition) is 1. The molecule has 3 heteroatoms. The molecule has 2 aromatic rings. The van der Waals surface area contributed by atoms with Gasteiger partial charge in [-0.25, -0.2) is 8.78 Å². The van der Waals surface area contributed by atoms with E-state index in [9.17, 15) is 13.9 Å². The molecule has 0 aromatic heterocycles. The second-order valence-corrected chi connectivity index (χ2v) is 4.76. The van der Waals surface area contributed by atoms with Crippen molar-refractivity contribution in [3.63, 3.8) is 0 Å². The van der Waals surface area contributed by atoms with Crippen molar-refractivity contribution in [1.82, 2.24) is 0 Å². The maximum Gasteiger partial charge on any atom is 0.131 e. The first-order valence-corrected chi connectivity index (χ1v) is 6.17. The summed E-state index contributed by atoms with van der Waals surface area (Å²) < 4.78 is 26.4. The molecule has 2 rings (SSSR count). The second-order valence-electron chi connectivity index (χ2n) is 4.76. The van der Waals surface area contributed by atoms with Crippen molar-refractivity contribution < 1.29 is 13.9 Å². The Morgan fingerprint density at radius 3 is 2.26 bits per heavy atom. The number of aliphatic hydroxyl groups excluding tert-OH is 1. The predicted molar refractivity (Wildman–Crippen MR) is 70.9 cm³/mol. The summed E-state index contributed by atoms with van der Waals surface area (Å²) >= 11 is 0. The van der Waals surface area contributed by atoms with Crippen LogP contribution in [0.3, 0.4) is 0 Å². The maximum atomic E-state index is 13.6. The Labute approximate surface area is 111 Å². The summed E-state index contributed by atoms with van der Waals surface area (Å²) in [5.41, 5.74) is 3.24. The number of hydrogen-bond acceptors (Lipinski definition) is 1. The van der Waals surface area contributed by atoms with E-state index in [-0.39, 0.29) is 5.56 Å². The first-order valence-electron chi connectivity index (χ1n) is 6.17. The summed E-state index contributed by atoms with van der Waals surface area (Å²) in [7, 11) is 0. The lowest BCUT2D eigenvalue weighted by molar-refractivity contribution is 0.173. The van der Waals surface area contributed by atoms with Crippen LogP contribution in [0.15, 0.2) is 36.4 Å². The number of aliphatic hydroxyl groups is 1. The van der Waals surface area contributed by atoms with Gasteiger partial charge in [0, 0.05) is 18.1 Å². The Bertz CT molecular complexity index is 573. The summed E-state index contributed by atoms with van der Waals surface area (Å²) in [6.07, 6.45) is -0.651. The van der Waals surface area contributed by atoms with E-state index in [1.807, 2.05) is 32.0 Å². The highest BCUT2D eigenvalue weighted by atomic mass is 19.1. The van der Waals surface area contributed by atoms with Gasteiger partial charge in [-0.15, -0.1) is 0 Å². The van der Waals surface area contributed by atoms with Crippen molar-refractivity contribution in [3.8, 4) is 0 Å². The lowest BCUT2D eigenvalue weighted by Gasteiger charge is -2.15. The molecule has 0 spiro atoms. The standard InChI is InChI=1S/C16H16F2O/c1-10-4-3-5-11(2)14(10)9-16(19)13-7-6-12(17)8-15(13)18/h3-8,16,19H,9H2,1-2H3. The van der Waals surface area contributed by atoms with Gasteiger partial charge in [0.15, 0.2) is 0 Å². The number of benzene rings is 2.